The second kappa shape index (κ2) is 11.2. The number of nitrogens with zero attached hydrogens (tertiary/aromatic N) is 3. The highest BCUT2D eigenvalue weighted by Gasteiger charge is 2.17. The minimum atomic E-state index is 0.910. The Morgan fingerprint density at radius 1 is 0.793 bits per heavy atom. The van der Waals surface area contributed by atoms with E-state index in [9.17, 15) is 0 Å². The Morgan fingerprint density at radius 2 is 1.48 bits per heavy atom. The van der Waals surface area contributed by atoms with Gasteiger partial charge in [-0.25, -0.2) is 0 Å². The lowest BCUT2D eigenvalue weighted by Gasteiger charge is -2.29. The zero-order valence-corrected chi connectivity index (χ0v) is 17.6. The van der Waals surface area contributed by atoms with Crippen molar-refractivity contribution in [2.75, 3.05) is 13.1 Å². The van der Waals surface area contributed by atoms with Gasteiger partial charge < -0.3 is 4.90 Å². The molecule has 3 nitrogen and oxygen atoms in total. The molecule has 0 saturated carbocycles. The molecule has 0 amide bonds. The van der Waals surface area contributed by atoms with E-state index in [0.717, 1.165) is 30.0 Å². The molecule has 0 N–H and O–H groups in total. The van der Waals surface area contributed by atoms with Crippen LogP contribution in [0.5, 0.6) is 0 Å². The molecular formula is C26H31N3. The van der Waals surface area contributed by atoms with Gasteiger partial charge in [0, 0.05) is 36.7 Å². The summed E-state index contributed by atoms with van der Waals surface area (Å²) in [7, 11) is 0. The van der Waals surface area contributed by atoms with Crippen molar-refractivity contribution in [2.24, 2.45) is 0 Å². The number of unbranched alkanes of at least 4 members (excludes halogenated alkanes) is 2. The van der Waals surface area contributed by atoms with Crippen LogP contribution in [0, 0.1) is 0 Å². The lowest BCUT2D eigenvalue weighted by molar-refractivity contribution is 0.380. The van der Waals surface area contributed by atoms with Gasteiger partial charge >= 0.3 is 0 Å². The van der Waals surface area contributed by atoms with Crippen LogP contribution < -0.4 is 0 Å². The number of hydrogen-bond acceptors (Lipinski definition) is 3. The first kappa shape index (κ1) is 20.8. The maximum absolute atomic E-state index is 4.72. The summed E-state index contributed by atoms with van der Waals surface area (Å²) in [5.41, 5.74) is 5.42. The third-order valence-electron chi connectivity index (χ3n) is 5.00. The van der Waals surface area contributed by atoms with Crippen molar-refractivity contribution in [3.63, 3.8) is 0 Å². The number of pyridine rings is 2. The Balaban J connectivity index is 2.12. The fourth-order valence-corrected chi connectivity index (χ4v) is 3.42. The Hall–Kier alpha value is -2.94. The number of hydrogen-bond donors (Lipinski definition) is 0. The fraction of sp³-hybridized carbons (Fsp3) is 0.308. The van der Waals surface area contributed by atoms with Crippen LogP contribution in [-0.4, -0.2) is 28.0 Å². The van der Waals surface area contributed by atoms with Gasteiger partial charge in [0.05, 0.1) is 11.4 Å². The fourth-order valence-electron chi connectivity index (χ4n) is 3.42. The first-order valence-electron chi connectivity index (χ1n) is 10.7. The molecule has 0 spiro atoms. The van der Waals surface area contributed by atoms with E-state index in [1.54, 1.807) is 0 Å². The van der Waals surface area contributed by atoms with Gasteiger partial charge in [-0.05, 0) is 48.7 Å². The lowest BCUT2D eigenvalue weighted by atomic mass is 10.0. The quantitative estimate of drug-likeness (QED) is 0.396. The standard InChI is InChI=1S/C26H31N3/c1-3-5-19-29(20-6-4-2)25(21-22-13-8-7-9-14-22)23-15-12-18-28-26(23)24-16-10-11-17-27-24/h7-18,21H,3-6,19-20H2,1-2H3. The molecule has 0 bridgehead atoms. The van der Waals surface area contributed by atoms with Crippen molar-refractivity contribution in [1.82, 2.24) is 14.9 Å². The Bertz CT molecular complexity index is 880. The maximum Gasteiger partial charge on any atom is 0.0979 e. The molecule has 3 aromatic rings. The molecule has 0 aliphatic heterocycles. The monoisotopic (exact) mass is 385 g/mol. The molecule has 2 heterocycles. The van der Waals surface area contributed by atoms with E-state index in [1.807, 2.05) is 36.7 Å². The van der Waals surface area contributed by atoms with E-state index in [4.69, 9.17) is 4.98 Å². The predicted octanol–water partition coefficient (Wildman–Crippen LogP) is 6.54. The Morgan fingerprint density at radius 3 is 2.14 bits per heavy atom. The number of aromatic nitrogens is 2. The van der Waals surface area contributed by atoms with Gasteiger partial charge in [0.1, 0.15) is 0 Å². The zero-order chi connectivity index (χ0) is 20.3. The summed E-state index contributed by atoms with van der Waals surface area (Å²) in [6.45, 7) is 6.60. The topological polar surface area (TPSA) is 29.0 Å². The van der Waals surface area contributed by atoms with Crippen LogP contribution in [0.15, 0.2) is 73.1 Å². The van der Waals surface area contributed by atoms with Gasteiger partial charge in [-0.2, -0.15) is 0 Å². The highest BCUT2D eigenvalue weighted by atomic mass is 15.1. The molecule has 3 rings (SSSR count). The van der Waals surface area contributed by atoms with E-state index in [-0.39, 0.29) is 0 Å². The van der Waals surface area contributed by atoms with Crippen LogP contribution in [-0.2, 0) is 0 Å². The summed E-state index contributed by atoms with van der Waals surface area (Å²) >= 11 is 0. The van der Waals surface area contributed by atoms with E-state index in [0.29, 0.717) is 0 Å². The van der Waals surface area contributed by atoms with Gasteiger partial charge in [0.15, 0.2) is 0 Å². The van der Waals surface area contributed by atoms with Crippen molar-refractivity contribution < 1.29 is 0 Å². The molecule has 150 valence electrons. The molecule has 0 aliphatic rings. The zero-order valence-electron chi connectivity index (χ0n) is 17.6. The van der Waals surface area contributed by atoms with Crippen LogP contribution in [0.25, 0.3) is 23.2 Å². The summed E-state index contributed by atoms with van der Waals surface area (Å²) in [4.78, 5) is 11.8. The summed E-state index contributed by atoms with van der Waals surface area (Å²) in [6, 6.07) is 20.8. The van der Waals surface area contributed by atoms with E-state index in [1.165, 1.54) is 36.9 Å². The molecular weight excluding hydrogens is 354 g/mol. The average molecular weight is 386 g/mol. The van der Waals surface area contributed by atoms with Crippen LogP contribution in [0.4, 0.5) is 0 Å². The minimum absolute atomic E-state index is 0.910. The summed E-state index contributed by atoms with van der Waals surface area (Å²) in [5.74, 6) is 0. The molecule has 0 unspecified atom stereocenters. The van der Waals surface area contributed by atoms with Crippen LogP contribution >= 0.6 is 0 Å². The third-order valence-corrected chi connectivity index (χ3v) is 5.00. The van der Waals surface area contributed by atoms with Gasteiger partial charge in [0.2, 0.25) is 0 Å². The smallest absolute Gasteiger partial charge is 0.0979 e. The summed E-state index contributed by atoms with van der Waals surface area (Å²) < 4.78 is 0. The van der Waals surface area contributed by atoms with Gasteiger partial charge in [-0.1, -0.05) is 63.1 Å². The largest absolute Gasteiger partial charge is 0.371 e. The first-order valence-corrected chi connectivity index (χ1v) is 10.7. The number of benzene rings is 1. The Labute approximate surface area is 175 Å². The molecule has 0 atom stereocenters. The van der Waals surface area contributed by atoms with Crippen LogP contribution in [0.2, 0.25) is 0 Å². The van der Waals surface area contributed by atoms with E-state index in [2.05, 4.69) is 66.2 Å². The summed E-state index contributed by atoms with van der Waals surface area (Å²) in [6.07, 6.45) is 10.7. The van der Waals surface area contributed by atoms with Crippen molar-refractivity contribution in [1.29, 1.82) is 0 Å². The summed E-state index contributed by atoms with van der Waals surface area (Å²) in [5, 5.41) is 0. The Kier molecular flexibility index (Phi) is 8.00. The average Bonchev–Trinajstić information content (AvgIpc) is 2.79. The second-order valence-electron chi connectivity index (χ2n) is 7.25. The lowest BCUT2D eigenvalue weighted by Crippen LogP contribution is -2.25. The van der Waals surface area contributed by atoms with Crippen molar-refractivity contribution in [3.8, 4) is 11.4 Å². The third kappa shape index (κ3) is 5.77. The molecule has 1 aromatic carbocycles. The highest BCUT2D eigenvalue weighted by molar-refractivity contribution is 5.86. The van der Waals surface area contributed by atoms with Crippen molar-refractivity contribution in [3.05, 3.63) is 84.2 Å². The molecule has 0 fully saturated rings. The maximum atomic E-state index is 4.72. The molecule has 0 aliphatic carbocycles. The molecule has 29 heavy (non-hydrogen) atoms. The van der Waals surface area contributed by atoms with Crippen molar-refractivity contribution in [2.45, 2.75) is 39.5 Å². The highest BCUT2D eigenvalue weighted by Crippen LogP contribution is 2.30. The first-order chi connectivity index (χ1) is 14.3. The molecule has 2 aromatic heterocycles. The minimum Gasteiger partial charge on any atom is -0.371 e. The normalized spacial score (nSPS) is 11.4. The SMILES string of the molecule is CCCCN(CCCC)C(=Cc1ccccc1)c1cccnc1-c1ccccn1. The van der Waals surface area contributed by atoms with E-state index >= 15 is 0 Å². The molecule has 3 heteroatoms. The number of rotatable bonds is 10. The van der Waals surface area contributed by atoms with Crippen LogP contribution in [0.1, 0.15) is 50.7 Å². The van der Waals surface area contributed by atoms with Crippen LogP contribution in [0.3, 0.4) is 0 Å². The van der Waals surface area contributed by atoms with Gasteiger partial charge in [-0.15, -0.1) is 0 Å². The second-order valence-corrected chi connectivity index (χ2v) is 7.25. The predicted molar refractivity (Wildman–Crippen MR) is 123 cm³/mol. The van der Waals surface area contributed by atoms with Gasteiger partial charge in [0.25, 0.3) is 0 Å². The van der Waals surface area contributed by atoms with Gasteiger partial charge in [-0.3, -0.25) is 9.97 Å². The van der Waals surface area contributed by atoms with Crippen molar-refractivity contribution >= 4 is 11.8 Å². The van der Waals surface area contributed by atoms with E-state index < -0.39 is 0 Å². The molecule has 0 radical (unpaired) electrons. The molecule has 0 saturated heterocycles.